The third kappa shape index (κ3) is 7.65. The second-order valence-corrected chi connectivity index (χ2v) is 10.2. The van der Waals surface area contributed by atoms with Crippen LogP contribution in [-0.2, 0) is 20.9 Å². The summed E-state index contributed by atoms with van der Waals surface area (Å²) in [5.41, 5.74) is 6.68. The summed E-state index contributed by atoms with van der Waals surface area (Å²) < 4.78 is 5.42. The molecule has 0 aliphatic carbocycles. The molecule has 0 spiro atoms. The van der Waals surface area contributed by atoms with E-state index < -0.39 is 5.54 Å². The lowest BCUT2D eigenvalue weighted by Crippen LogP contribution is -2.55. The second-order valence-electron chi connectivity index (χ2n) is 10.2. The minimum Gasteiger partial charge on any atom is -0.461 e. The number of hydrogen-bond donors (Lipinski definition) is 3. The van der Waals surface area contributed by atoms with Crippen molar-refractivity contribution in [3.8, 4) is 0 Å². The molecule has 1 fully saturated rings. The maximum atomic E-state index is 13.4. The number of nitrogens with one attached hydrogen (secondary N) is 2. The van der Waals surface area contributed by atoms with Crippen LogP contribution in [0.5, 0.6) is 0 Å². The van der Waals surface area contributed by atoms with E-state index >= 15 is 0 Å². The number of nitrogens with zero attached hydrogens (tertiary/aromatic N) is 1. The smallest absolute Gasteiger partial charge is 0.306 e. The molecule has 1 saturated heterocycles. The number of hydrogen-bond acceptors (Lipinski definition) is 5. The maximum Gasteiger partial charge on any atom is 0.306 e. The molecule has 1 aliphatic rings. The first kappa shape index (κ1) is 27.9. The number of carbonyl (C=O) groups is 3. The van der Waals surface area contributed by atoms with E-state index in [1.165, 1.54) is 0 Å². The van der Waals surface area contributed by atoms with E-state index in [1.54, 1.807) is 24.3 Å². The largest absolute Gasteiger partial charge is 0.461 e. The number of amides is 2. The predicted octanol–water partition coefficient (Wildman–Crippen LogP) is 3.88. The molecule has 1 unspecified atom stereocenters. The Morgan fingerprint density at radius 3 is 2.22 bits per heavy atom. The molecule has 4 N–H and O–H groups in total. The fraction of sp³-hybridized carbons (Fsp3) is 0.448. The third-order valence-electron chi connectivity index (χ3n) is 7.10. The van der Waals surface area contributed by atoms with Crippen molar-refractivity contribution in [1.29, 1.82) is 5.41 Å². The number of nitrogens with two attached hydrogens (primary N) is 1. The molecule has 0 bridgehead atoms. The zero-order valence-electron chi connectivity index (χ0n) is 22.0. The number of piperidine rings is 1. The fourth-order valence-corrected chi connectivity index (χ4v) is 4.86. The van der Waals surface area contributed by atoms with Crippen molar-refractivity contribution in [2.75, 3.05) is 13.1 Å². The van der Waals surface area contributed by atoms with Gasteiger partial charge in [0.05, 0.1) is 5.92 Å². The van der Waals surface area contributed by atoms with Crippen LogP contribution in [0.2, 0.25) is 0 Å². The molecule has 0 aromatic heterocycles. The summed E-state index contributed by atoms with van der Waals surface area (Å²) in [6, 6.07) is 16.1. The van der Waals surface area contributed by atoms with E-state index in [0.29, 0.717) is 37.1 Å². The molecule has 8 heteroatoms. The number of carbonyl (C=O) groups excluding carboxylic acids is 3. The molecule has 0 radical (unpaired) electrons. The summed E-state index contributed by atoms with van der Waals surface area (Å²) in [6.45, 7) is 7.14. The molecular formula is C29H38N4O4. The van der Waals surface area contributed by atoms with Crippen molar-refractivity contribution in [2.45, 2.75) is 58.6 Å². The van der Waals surface area contributed by atoms with E-state index in [-0.39, 0.29) is 42.1 Å². The minimum atomic E-state index is -0.764. The first-order valence-corrected chi connectivity index (χ1v) is 12.9. The highest BCUT2D eigenvalue weighted by Crippen LogP contribution is 2.28. The van der Waals surface area contributed by atoms with Gasteiger partial charge in [-0.05, 0) is 56.7 Å². The van der Waals surface area contributed by atoms with Crippen molar-refractivity contribution in [1.82, 2.24) is 10.2 Å². The lowest BCUT2D eigenvalue weighted by molar-refractivity contribution is -0.146. The van der Waals surface area contributed by atoms with Crippen molar-refractivity contribution in [3.05, 3.63) is 71.3 Å². The second kappa shape index (κ2) is 12.5. The number of amidine groups is 1. The normalized spacial score (nSPS) is 15.1. The van der Waals surface area contributed by atoms with Gasteiger partial charge in [-0.2, -0.15) is 0 Å². The number of ether oxygens (including phenoxy) is 1. The summed E-state index contributed by atoms with van der Waals surface area (Å²) in [5.74, 6) is -0.723. The van der Waals surface area contributed by atoms with Gasteiger partial charge in [0.2, 0.25) is 5.91 Å². The van der Waals surface area contributed by atoms with Crippen LogP contribution in [0, 0.1) is 17.2 Å². The number of rotatable bonds is 10. The third-order valence-corrected chi connectivity index (χ3v) is 7.10. The summed E-state index contributed by atoms with van der Waals surface area (Å²) in [4.78, 5) is 40.5. The van der Waals surface area contributed by atoms with Crippen LogP contribution in [0.1, 0.15) is 67.9 Å². The molecule has 2 amide bonds. The van der Waals surface area contributed by atoms with Gasteiger partial charge in [0.25, 0.3) is 5.91 Å². The topological polar surface area (TPSA) is 126 Å². The van der Waals surface area contributed by atoms with E-state index in [2.05, 4.69) is 5.32 Å². The minimum absolute atomic E-state index is 0.0184. The number of benzene rings is 2. The van der Waals surface area contributed by atoms with E-state index in [1.807, 2.05) is 56.0 Å². The van der Waals surface area contributed by atoms with Gasteiger partial charge in [0, 0.05) is 36.2 Å². The molecule has 2 aromatic rings. The highest BCUT2D eigenvalue weighted by atomic mass is 16.5. The summed E-state index contributed by atoms with van der Waals surface area (Å²) in [6.07, 6.45) is 2.44. The molecular weight excluding hydrogens is 468 g/mol. The molecule has 3 rings (SSSR count). The van der Waals surface area contributed by atoms with Gasteiger partial charge in [0.15, 0.2) is 0 Å². The maximum absolute atomic E-state index is 13.4. The Hall–Kier alpha value is -3.68. The zero-order valence-corrected chi connectivity index (χ0v) is 22.0. The Morgan fingerprint density at radius 1 is 1.05 bits per heavy atom. The van der Waals surface area contributed by atoms with Gasteiger partial charge in [-0.3, -0.25) is 19.8 Å². The average Bonchev–Trinajstić information content (AvgIpc) is 2.88. The summed E-state index contributed by atoms with van der Waals surface area (Å²) >= 11 is 0. The van der Waals surface area contributed by atoms with Gasteiger partial charge >= 0.3 is 5.97 Å². The molecule has 1 heterocycles. The van der Waals surface area contributed by atoms with Gasteiger partial charge in [-0.15, -0.1) is 0 Å². The highest BCUT2D eigenvalue weighted by Gasteiger charge is 2.38. The quantitative estimate of drug-likeness (QED) is 0.256. The predicted molar refractivity (Wildman–Crippen MR) is 143 cm³/mol. The Bertz CT molecular complexity index is 1090. The summed E-state index contributed by atoms with van der Waals surface area (Å²) in [5, 5.41) is 10.5. The van der Waals surface area contributed by atoms with Gasteiger partial charge in [-0.1, -0.05) is 49.4 Å². The van der Waals surface area contributed by atoms with Gasteiger partial charge in [-0.25, -0.2) is 0 Å². The SMILES string of the molecule is CCC(C(=O)N1CCC(CC(=O)OCc2ccccc2)CC1)C(C)(C)NC(=O)c1ccc(C(=N)N)cc1. The molecule has 198 valence electrons. The Labute approximate surface area is 219 Å². The van der Waals surface area contributed by atoms with E-state index in [4.69, 9.17) is 15.9 Å². The standard InChI is InChI=1S/C29H38N4O4/c1-4-24(29(2,3)32-27(35)23-12-10-22(11-13-23)26(30)31)28(36)33-16-14-20(15-17-33)18-25(34)37-19-21-8-6-5-7-9-21/h5-13,20,24H,4,14-19H2,1-3H3,(H3,30,31)(H,32,35). The molecule has 1 atom stereocenters. The monoisotopic (exact) mass is 506 g/mol. The van der Waals surface area contributed by atoms with E-state index in [9.17, 15) is 14.4 Å². The van der Waals surface area contributed by atoms with Crippen LogP contribution in [0.25, 0.3) is 0 Å². The molecule has 0 saturated carbocycles. The zero-order chi connectivity index (χ0) is 27.0. The van der Waals surface area contributed by atoms with Crippen LogP contribution in [0.15, 0.2) is 54.6 Å². The highest BCUT2D eigenvalue weighted by molar-refractivity contribution is 5.98. The first-order chi connectivity index (χ1) is 17.6. The molecule has 8 nitrogen and oxygen atoms in total. The lowest BCUT2D eigenvalue weighted by atomic mass is 9.83. The van der Waals surface area contributed by atoms with Crippen LogP contribution in [0.4, 0.5) is 0 Å². The number of nitrogen functional groups attached to an aromatic ring is 1. The Balaban J connectivity index is 1.50. The van der Waals surface area contributed by atoms with E-state index in [0.717, 1.165) is 18.4 Å². The lowest BCUT2D eigenvalue weighted by Gasteiger charge is -2.39. The van der Waals surface area contributed by atoms with Crippen molar-refractivity contribution < 1.29 is 19.1 Å². The molecule has 1 aliphatic heterocycles. The Morgan fingerprint density at radius 2 is 1.65 bits per heavy atom. The molecule has 37 heavy (non-hydrogen) atoms. The van der Waals surface area contributed by atoms with Crippen molar-refractivity contribution in [2.24, 2.45) is 17.6 Å². The van der Waals surface area contributed by atoms with Crippen molar-refractivity contribution >= 4 is 23.6 Å². The number of esters is 1. The van der Waals surface area contributed by atoms with Crippen LogP contribution < -0.4 is 11.1 Å². The molecule has 2 aromatic carbocycles. The van der Waals surface area contributed by atoms with Gasteiger partial charge in [0.1, 0.15) is 12.4 Å². The summed E-state index contributed by atoms with van der Waals surface area (Å²) in [7, 11) is 0. The van der Waals surface area contributed by atoms with Crippen LogP contribution >= 0.6 is 0 Å². The van der Waals surface area contributed by atoms with Crippen LogP contribution in [0.3, 0.4) is 0 Å². The fourth-order valence-electron chi connectivity index (χ4n) is 4.86. The van der Waals surface area contributed by atoms with Gasteiger partial charge < -0.3 is 20.7 Å². The average molecular weight is 507 g/mol. The first-order valence-electron chi connectivity index (χ1n) is 12.9. The number of likely N-dealkylation sites (tertiary alicyclic amines) is 1. The van der Waals surface area contributed by atoms with Crippen LogP contribution in [-0.4, -0.2) is 47.1 Å². The van der Waals surface area contributed by atoms with Crippen molar-refractivity contribution in [3.63, 3.8) is 0 Å². The Kier molecular flexibility index (Phi) is 9.44.